The number of ether oxygens (including phenoxy) is 1. The van der Waals surface area contributed by atoms with Crippen LogP contribution < -0.4 is 0 Å². The lowest BCUT2D eigenvalue weighted by Crippen LogP contribution is -2.35. The second-order valence-electron chi connectivity index (χ2n) is 4.65. The number of rotatable bonds is 2. The monoisotopic (exact) mass is 340 g/mol. The zero-order chi connectivity index (χ0) is 13.2. The fourth-order valence-corrected chi connectivity index (χ4v) is 3.00. The van der Waals surface area contributed by atoms with E-state index in [1.54, 1.807) is 0 Å². The Hall–Kier alpha value is -0.680. The molecule has 0 atom stereocenters. The minimum absolute atomic E-state index is 0.718. The van der Waals surface area contributed by atoms with E-state index in [1.807, 2.05) is 18.2 Å². The molecule has 3 rings (SSSR count). The summed E-state index contributed by atoms with van der Waals surface area (Å²) >= 11 is 9.51. The number of morpholine rings is 1. The van der Waals surface area contributed by atoms with Gasteiger partial charge < -0.3 is 4.74 Å². The highest BCUT2D eigenvalue weighted by Crippen LogP contribution is 2.25. The highest BCUT2D eigenvalue weighted by atomic mass is 79.9. The van der Waals surface area contributed by atoms with Crippen molar-refractivity contribution in [1.82, 2.24) is 9.88 Å². The summed E-state index contributed by atoms with van der Waals surface area (Å²) in [6.07, 6.45) is 0. The van der Waals surface area contributed by atoms with Crippen LogP contribution in [0.15, 0.2) is 28.9 Å². The minimum atomic E-state index is 0.718. The molecule has 1 aliphatic rings. The second kappa shape index (κ2) is 5.75. The summed E-state index contributed by atoms with van der Waals surface area (Å²) in [5.74, 6) is 0. The molecule has 0 N–H and O–H groups in total. The van der Waals surface area contributed by atoms with Crippen LogP contribution >= 0.6 is 27.5 Å². The number of benzene rings is 1. The van der Waals surface area contributed by atoms with Crippen molar-refractivity contribution in [2.75, 3.05) is 26.3 Å². The maximum absolute atomic E-state index is 6.03. The summed E-state index contributed by atoms with van der Waals surface area (Å²) in [6.45, 7) is 4.51. The average molecular weight is 342 g/mol. The highest BCUT2D eigenvalue weighted by Gasteiger charge is 2.13. The molecule has 3 nitrogen and oxygen atoms in total. The molecule has 0 saturated carbocycles. The van der Waals surface area contributed by atoms with Gasteiger partial charge in [0.25, 0.3) is 0 Å². The van der Waals surface area contributed by atoms with E-state index >= 15 is 0 Å². The Kier molecular flexibility index (Phi) is 4.03. The van der Waals surface area contributed by atoms with Crippen LogP contribution in [0.1, 0.15) is 5.56 Å². The van der Waals surface area contributed by atoms with Gasteiger partial charge in [-0.3, -0.25) is 4.90 Å². The number of aromatic nitrogens is 1. The van der Waals surface area contributed by atoms with Gasteiger partial charge in [0, 0.05) is 30.0 Å². The number of hydrogen-bond acceptors (Lipinski definition) is 3. The van der Waals surface area contributed by atoms with Gasteiger partial charge in [0.1, 0.15) is 4.60 Å². The van der Waals surface area contributed by atoms with Crippen LogP contribution in [0.2, 0.25) is 5.02 Å². The highest BCUT2D eigenvalue weighted by molar-refractivity contribution is 9.10. The predicted octanol–water partition coefficient (Wildman–Crippen LogP) is 3.48. The van der Waals surface area contributed by atoms with E-state index < -0.39 is 0 Å². The van der Waals surface area contributed by atoms with E-state index in [-0.39, 0.29) is 0 Å². The van der Waals surface area contributed by atoms with Crippen molar-refractivity contribution in [3.05, 3.63) is 39.5 Å². The van der Waals surface area contributed by atoms with Crippen LogP contribution in [-0.4, -0.2) is 36.2 Å². The number of hydrogen-bond donors (Lipinski definition) is 0. The Balaban J connectivity index is 1.97. The average Bonchev–Trinajstić information content (AvgIpc) is 2.39. The number of fused-ring (bicyclic) bond motifs is 1. The summed E-state index contributed by atoms with van der Waals surface area (Å²) in [4.78, 5) is 6.88. The Bertz CT molecular complexity index is 594. The van der Waals surface area contributed by atoms with Gasteiger partial charge in [-0.25, -0.2) is 4.98 Å². The SMILES string of the molecule is Clc1ccc2c(CN3CCOCC3)cc(Br)nc2c1. The molecule has 1 saturated heterocycles. The molecule has 5 heteroatoms. The Morgan fingerprint density at radius 2 is 2.05 bits per heavy atom. The first-order chi connectivity index (χ1) is 9.22. The van der Waals surface area contributed by atoms with Gasteiger partial charge in [0.2, 0.25) is 0 Å². The summed E-state index contributed by atoms with van der Waals surface area (Å²) in [6, 6.07) is 7.96. The van der Waals surface area contributed by atoms with E-state index in [0.717, 1.165) is 48.0 Å². The van der Waals surface area contributed by atoms with Crippen molar-refractivity contribution in [2.45, 2.75) is 6.54 Å². The maximum Gasteiger partial charge on any atom is 0.107 e. The number of pyridine rings is 1. The molecule has 2 heterocycles. The van der Waals surface area contributed by atoms with Crippen LogP contribution in [0.25, 0.3) is 10.9 Å². The summed E-state index contributed by atoms with van der Waals surface area (Å²) in [7, 11) is 0. The van der Waals surface area contributed by atoms with Crippen LogP contribution in [0.3, 0.4) is 0 Å². The molecule has 0 bridgehead atoms. The fraction of sp³-hybridized carbons (Fsp3) is 0.357. The normalized spacial score (nSPS) is 16.9. The van der Waals surface area contributed by atoms with Gasteiger partial charge in [-0.2, -0.15) is 0 Å². The summed E-state index contributed by atoms with van der Waals surface area (Å²) in [5.41, 5.74) is 2.21. The lowest BCUT2D eigenvalue weighted by molar-refractivity contribution is 0.0343. The molecule has 0 spiro atoms. The summed E-state index contributed by atoms with van der Waals surface area (Å²) in [5, 5.41) is 1.88. The number of halogens is 2. The molecule has 1 aliphatic heterocycles. The third kappa shape index (κ3) is 3.08. The lowest BCUT2D eigenvalue weighted by atomic mass is 10.1. The lowest BCUT2D eigenvalue weighted by Gasteiger charge is -2.27. The van der Waals surface area contributed by atoms with E-state index in [1.165, 1.54) is 10.9 Å². The molecule has 1 aromatic carbocycles. The smallest absolute Gasteiger partial charge is 0.107 e. The minimum Gasteiger partial charge on any atom is -0.379 e. The van der Waals surface area contributed by atoms with Crippen LogP contribution in [-0.2, 0) is 11.3 Å². The standard InChI is InChI=1S/C14H14BrClN2O/c15-14-7-10(9-18-3-5-19-6-4-18)12-2-1-11(16)8-13(12)17-14/h1-2,7-8H,3-6,9H2. The first-order valence-corrected chi connectivity index (χ1v) is 7.44. The van der Waals surface area contributed by atoms with Gasteiger partial charge >= 0.3 is 0 Å². The van der Waals surface area contributed by atoms with Gasteiger partial charge in [0.15, 0.2) is 0 Å². The molecule has 1 aromatic heterocycles. The molecule has 0 radical (unpaired) electrons. The van der Waals surface area contributed by atoms with E-state index in [0.29, 0.717) is 0 Å². The number of nitrogens with zero attached hydrogens (tertiary/aromatic N) is 2. The third-order valence-corrected chi connectivity index (χ3v) is 3.97. The summed E-state index contributed by atoms with van der Waals surface area (Å²) < 4.78 is 6.24. The topological polar surface area (TPSA) is 25.4 Å². The second-order valence-corrected chi connectivity index (χ2v) is 5.90. The molecule has 2 aromatic rings. The van der Waals surface area contributed by atoms with E-state index in [2.05, 4.69) is 31.9 Å². The van der Waals surface area contributed by atoms with Crippen molar-refractivity contribution < 1.29 is 4.74 Å². The molecule has 0 unspecified atom stereocenters. The zero-order valence-corrected chi connectivity index (χ0v) is 12.7. The third-order valence-electron chi connectivity index (χ3n) is 3.32. The van der Waals surface area contributed by atoms with Crippen molar-refractivity contribution >= 4 is 38.4 Å². The van der Waals surface area contributed by atoms with Crippen LogP contribution in [0.4, 0.5) is 0 Å². The predicted molar refractivity (Wildman–Crippen MR) is 80.5 cm³/mol. The van der Waals surface area contributed by atoms with Crippen molar-refractivity contribution in [3.8, 4) is 0 Å². The first kappa shape index (κ1) is 13.3. The van der Waals surface area contributed by atoms with E-state index in [4.69, 9.17) is 16.3 Å². The van der Waals surface area contributed by atoms with Gasteiger partial charge in [0.05, 0.1) is 18.7 Å². The Morgan fingerprint density at radius 3 is 2.84 bits per heavy atom. The van der Waals surface area contributed by atoms with Gasteiger partial charge in [-0.05, 0) is 39.7 Å². The molecule has 100 valence electrons. The molecular formula is C14H14BrClN2O. The quantitative estimate of drug-likeness (QED) is 0.782. The first-order valence-electron chi connectivity index (χ1n) is 6.27. The maximum atomic E-state index is 6.03. The molecule has 0 aliphatic carbocycles. The van der Waals surface area contributed by atoms with Gasteiger partial charge in [-0.15, -0.1) is 0 Å². The van der Waals surface area contributed by atoms with Crippen molar-refractivity contribution in [2.24, 2.45) is 0 Å². The Morgan fingerprint density at radius 1 is 1.26 bits per heavy atom. The van der Waals surface area contributed by atoms with E-state index in [9.17, 15) is 0 Å². The van der Waals surface area contributed by atoms with Crippen LogP contribution in [0, 0.1) is 0 Å². The largest absolute Gasteiger partial charge is 0.379 e. The molecule has 1 fully saturated rings. The zero-order valence-electron chi connectivity index (χ0n) is 10.4. The van der Waals surface area contributed by atoms with Crippen LogP contribution in [0.5, 0.6) is 0 Å². The van der Waals surface area contributed by atoms with Crippen molar-refractivity contribution in [3.63, 3.8) is 0 Å². The molecule has 19 heavy (non-hydrogen) atoms. The molecular weight excluding hydrogens is 328 g/mol. The fourth-order valence-electron chi connectivity index (χ4n) is 2.37. The Labute approximate surface area is 125 Å². The van der Waals surface area contributed by atoms with Crippen molar-refractivity contribution in [1.29, 1.82) is 0 Å². The van der Waals surface area contributed by atoms with Gasteiger partial charge in [-0.1, -0.05) is 17.7 Å². The molecule has 0 amide bonds.